The van der Waals surface area contributed by atoms with Gasteiger partial charge in [-0.2, -0.15) is 0 Å². The molecule has 0 radical (unpaired) electrons. The van der Waals surface area contributed by atoms with E-state index in [4.69, 9.17) is 0 Å². The summed E-state index contributed by atoms with van der Waals surface area (Å²) in [5.41, 5.74) is 0.479. The number of nitrogens with zero attached hydrogens (tertiary/aromatic N) is 3. The average Bonchev–Trinajstić information content (AvgIpc) is 2.45. The molecule has 1 amide bonds. The molecule has 1 aliphatic heterocycles. The van der Waals surface area contributed by atoms with Gasteiger partial charge in [0.25, 0.3) is 0 Å². The van der Waals surface area contributed by atoms with Gasteiger partial charge in [-0.1, -0.05) is 0 Å². The Morgan fingerprint density at radius 2 is 1.86 bits per heavy atom. The van der Waals surface area contributed by atoms with Crippen LogP contribution in [0.5, 0.6) is 0 Å². The van der Waals surface area contributed by atoms with Gasteiger partial charge < -0.3 is 10.0 Å². The van der Waals surface area contributed by atoms with Crippen LogP contribution in [0.3, 0.4) is 0 Å². The number of rotatable bonds is 5. The number of amides is 1. The lowest BCUT2D eigenvalue weighted by molar-refractivity contribution is -0.133. The van der Waals surface area contributed by atoms with E-state index < -0.39 is 5.60 Å². The predicted molar refractivity (Wildman–Crippen MR) is 81.9 cm³/mol. The minimum atomic E-state index is -0.673. The Bertz CT molecular complexity index is 448. The summed E-state index contributed by atoms with van der Waals surface area (Å²) in [4.78, 5) is 20.3. The van der Waals surface area contributed by atoms with Crippen molar-refractivity contribution in [3.63, 3.8) is 0 Å². The molecule has 1 fully saturated rings. The second-order valence-corrected chi connectivity index (χ2v) is 6.32. The molecule has 0 spiro atoms. The number of piperazine rings is 1. The van der Waals surface area contributed by atoms with E-state index in [1.807, 2.05) is 30.9 Å². The minimum Gasteiger partial charge on any atom is -0.389 e. The van der Waals surface area contributed by atoms with Crippen LogP contribution >= 0.6 is 0 Å². The lowest BCUT2D eigenvalue weighted by atomic mass is 10.1. The van der Waals surface area contributed by atoms with Gasteiger partial charge in [-0.25, -0.2) is 0 Å². The standard InChI is InChI=1S/C16H25N3O2/c1-16(2,21)13-18-9-11-19(12-10-18)15(20)4-3-14-5-7-17-8-6-14/h5-8,21H,3-4,9-13H2,1-2H3. The minimum absolute atomic E-state index is 0.217. The van der Waals surface area contributed by atoms with Crippen molar-refractivity contribution >= 4 is 5.91 Å². The van der Waals surface area contributed by atoms with Crippen LogP contribution in [0, 0.1) is 0 Å². The maximum absolute atomic E-state index is 12.2. The maximum atomic E-state index is 12.2. The van der Waals surface area contributed by atoms with Crippen molar-refractivity contribution in [2.75, 3.05) is 32.7 Å². The van der Waals surface area contributed by atoms with Crippen LogP contribution in [-0.4, -0.2) is 64.1 Å². The SMILES string of the molecule is CC(C)(O)CN1CCN(C(=O)CCc2ccncc2)CC1. The first-order valence-corrected chi connectivity index (χ1v) is 7.55. The second-order valence-electron chi connectivity index (χ2n) is 6.32. The predicted octanol–water partition coefficient (Wildman–Crippen LogP) is 0.929. The van der Waals surface area contributed by atoms with E-state index in [2.05, 4.69) is 9.88 Å². The summed E-state index contributed by atoms with van der Waals surface area (Å²) in [5.74, 6) is 0.217. The highest BCUT2D eigenvalue weighted by Gasteiger charge is 2.24. The highest BCUT2D eigenvalue weighted by atomic mass is 16.3. The van der Waals surface area contributed by atoms with Gasteiger partial charge >= 0.3 is 0 Å². The van der Waals surface area contributed by atoms with E-state index in [1.54, 1.807) is 12.4 Å². The molecule has 0 bridgehead atoms. The largest absolute Gasteiger partial charge is 0.389 e. The molecule has 5 heteroatoms. The number of aliphatic hydroxyl groups is 1. The van der Waals surface area contributed by atoms with E-state index in [1.165, 1.54) is 0 Å². The number of hydrogen-bond acceptors (Lipinski definition) is 4. The molecule has 5 nitrogen and oxygen atoms in total. The molecule has 21 heavy (non-hydrogen) atoms. The Hall–Kier alpha value is -1.46. The number of carbonyl (C=O) groups is 1. The average molecular weight is 291 g/mol. The summed E-state index contributed by atoms with van der Waals surface area (Å²) in [6, 6.07) is 3.91. The number of aromatic nitrogens is 1. The third-order valence-corrected chi connectivity index (χ3v) is 3.71. The van der Waals surface area contributed by atoms with Gasteiger partial charge in [-0.3, -0.25) is 14.7 Å². The van der Waals surface area contributed by atoms with Crippen molar-refractivity contribution in [2.45, 2.75) is 32.3 Å². The topological polar surface area (TPSA) is 56.7 Å². The first-order valence-electron chi connectivity index (χ1n) is 7.55. The van der Waals surface area contributed by atoms with Gasteiger partial charge in [0.15, 0.2) is 0 Å². The lowest BCUT2D eigenvalue weighted by Gasteiger charge is -2.37. The van der Waals surface area contributed by atoms with Crippen LogP contribution in [0.4, 0.5) is 0 Å². The van der Waals surface area contributed by atoms with E-state index in [9.17, 15) is 9.90 Å². The zero-order chi connectivity index (χ0) is 15.3. The molecule has 1 saturated heterocycles. The van der Waals surface area contributed by atoms with E-state index in [0.29, 0.717) is 13.0 Å². The Kier molecular flexibility index (Phi) is 5.31. The highest BCUT2D eigenvalue weighted by molar-refractivity contribution is 5.76. The van der Waals surface area contributed by atoms with Crippen molar-refractivity contribution in [1.82, 2.24) is 14.8 Å². The zero-order valence-electron chi connectivity index (χ0n) is 13.0. The van der Waals surface area contributed by atoms with Crippen LogP contribution in [0.25, 0.3) is 0 Å². The molecule has 116 valence electrons. The Morgan fingerprint density at radius 1 is 1.24 bits per heavy atom. The normalized spacial score (nSPS) is 17.0. The van der Waals surface area contributed by atoms with Crippen molar-refractivity contribution in [3.8, 4) is 0 Å². The molecule has 0 unspecified atom stereocenters. The monoisotopic (exact) mass is 291 g/mol. The smallest absolute Gasteiger partial charge is 0.222 e. The number of β-amino-alcohol motifs (C(OH)–C–C–N with tert-alkyl or cyclic N) is 1. The van der Waals surface area contributed by atoms with E-state index >= 15 is 0 Å². The summed E-state index contributed by atoms with van der Waals surface area (Å²) in [7, 11) is 0. The molecular weight excluding hydrogens is 266 g/mol. The fraction of sp³-hybridized carbons (Fsp3) is 0.625. The summed E-state index contributed by atoms with van der Waals surface area (Å²) in [6.45, 7) is 7.48. The van der Waals surface area contributed by atoms with E-state index in [-0.39, 0.29) is 5.91 Å². The quantitative estimate of drug-likeness (QED) is 0.877. The number of hydrogen-bond donors (Lipinski definition) is 1. The molecular formula is C16H25N3O2. The maximum Gasteiger partial charge on any atom is 0.222 e. The van der Waals surface area contributed by atoms with Crippen molar-refractivity contribution in [1.29, 1.82) is 0 Å². The van der Waals surface area contributed by atoms with Crippen LogP contribution in [0.1, 0.15) is 25.8 Å². The molecule has 2 rings (SSSR count). The van der Waals surface area contributed by atoms with Gasteiger partial charge in [0, 0.05) is 51.5 Å². The fourth-order valence-electron chi connectivity index (χ4n) is 2.66. The summed E-state index contributed by atoms with van der Waals surface area (Å²) in [5, 5.41) is 9.83. The van der Waals surface area contributed by atoms with Crippen LogP contribution in [0.2, 0.25) is 0 Å². The van der Waals surface area contributed by atoms with Gasteiger partial charge in [-0.05, 0) is 38.0 Å². The molecule has 1 aromatic rings. The third kappa shape index (κ3) is 5.44. The Labute approximate surface area is 126 Å². The van der Waals surface area contributed by atoms with Crippen LogP contribution in [0.15, 0.2) is 24.5 Å². The van der Waals surface area contributed by atoms with Crippen LogP contribution < -0.4 is 0 Å². The highest BCUT2D eigenvalue weighted by Crippen LogP contribution is 2.10. The Balaban J connectivity index is 1.73. The van der Waals surface area contributed by atoms with E-state index in [0.717, 1.165) is 38.2 Å². The first kappa shape index (κ1) is 15.9. The number of pyridine rings is 1. The van der Waals surface area contributed by atoms with Gasteiger partial charge in [0.2, 0.25) is 5.91 Å². The first-order chi connectivity index (χ1) is 9.94. The van der Waals surface area contributed by atoms with Gasteiger partial charge in [0.05, 0.1) is 5.60 Å². The molecule has 0 aliphatic carbocycles. The molecule has 1 aromatic heterocycles. The number of aryl methyl sites for hydroxylation is 1. The lowest BCUT2D eigenvalue weighted by Crippen LogP contribution is -2.52. The van der Waals surface area contributed by atoms with Crippen molar-refractivity contribution in [3.05, 3.63) is 30.1 Å². The molecule has 0 saturated carbocycles. The summed E-state index contributed by atoms with van der Waals surface area (Å²) < 4.78 is 0. The zero-order valence-corrected chi connectivity index (χ0v) is 13.0. The van der Waals surface area contributed by atoms with Gasteiger partial charge in [0.1, 0.15) is 0 Å². The second kappa shape index (κ2) is 7.00. The fourth-order valence-corrected chi connectivity index (χ4v) is 2.66. The van der Waals surface area contributed by atoms with Crippen molar-refractivity contribution < 1.29 is 9.90 Å². The molecule has 1 aliphatic rings. The molecule has 0 atom stereocenters. The third-order valence-electron chi connectivity index (χ3n) is 3.71. The van der Waals surface area contributed by atoms with Crippen LogP contribution in [-0.2, 0) is 11.2 Å². The molecule has 0 aromatic carbocycles. The molecule has 2 heterocycles. The number of carbonyl (C=O) groups excluding carboxylic acids is 1. The Morgan fingerprint density at radius 3 is 2.43 bits per heavy atom. The van der Waals surface area contributed by atoms with Crippen molar-refractivity contribution in [2.24, 2.45) is 0 Å². The summed E-state index contributed by atoms with van der Waals surface area (Å²) >= 11 is 0. The summed E-state index contributed by atoms with van der Waals surface area (Å²) in [6.07, 6.45) is 4.84. The molecule has 1 N–H and O–H groups in total. The van der Waals surface area contributed by atoms with Gasteiger partial charge in [-0.15, -0.1) is 0 Å².